The number of hydrogen-bond acceptors (Lipinski definition) is 2. The molecule has 0 saturated carbocycles. The SMILES string of the molecule is C#C\C(=C/C=C(C)/C(=C/C=C\C)CC=C)c1nnc(-c2ccc(C(C)(C)C)cc2)n1-c1ccccc1. The highest BCUT2D eigenvalue weighted by molar-refractivity contribution is 5.78. The number of nitrogens with zero attached hydrogens (tertiary/aromatic N) is 3. The van der Waals surface area contributed by atoms with Crippen molar-refractivity contribution in [2.75, 3.05) is 0 Å². The Morgan fingerprint density at radius 1 is 1.00 bits per heavy atom. The Morgan fingerprint density at radius 3 is 2.28 bits per heavy atom. The van der Waals surface area contributed by atoms with Gasteiger partial charge in [0, 0.05) is 11.3 Å². The molecule has 0 aliphatic carbocycles. The molecule has 3 aromatic rings. The molecular formula is C33H35N3. The molecule has 0 N–H and O–H groups in total. The minimum Gasteiger partial charge on any atom is -0.274 e. The lowest BCUT2D eigenvalue weighted by atomic mass is 9.86. The van der Waals surface area contributed by atoms with Crippen LogP contribution in [0.2, 0.25) is 0 Å². The normalized spacial score (nSPS) is 13.2. The Bertz CT molecular complexity index is 1350. The average Bonchev–Trinajstić information content (AvgIpc) is 3.32. The number of rotatable bonds is 8. The van der Waals surface area contributed by atoms with Gasteiger partial charge < -0.3 is 0 Å². The van der Waals surface area contributed by atoms with Crippen molar-refractivity contribution in [3.05, 3.63) is 120 Å². The lowest BCUT2D eigenvalue weighted by molar-refractivity contribution is 0.590. The van der Waals surface area contributed by atoms with E-state index in [1.165, 1.54) is 11.1 Å². The van der Waals surface area contributed by atoms with Gasteiger partial charge in [0.1, 0.15) is 0 Å². The van der Waals surface area contributed by atoms with Crippen LogP contribution in [0.25, 0.3) is 22.6 Å². The number of hydrogen-bond donors (Lipinski definition) is 0. The van der Waals surface area contributed by atoms with E-state index in [0.717, 1.165) is 29.1 Å². The van der Waals surface area contributed by atoms with Crippen LogP contribution >= 0.6 is 0 Å². The highest BCUT2D eigenvalue weighted by Gasteiger charge is 2.19. The third kappa shape index (κ3) is 6.29. The smallest absolute Gasteiger partial charge is 0.177 e. The first kappa shape index (κ1) is 26.4. The van der Waals surface area contributed by atoms with E-state index in [1.807, 2.05) is 72.2 Å². The lowest BCUT2D eigenvalue weighted by Gasteiger charge is -2.19. The number of allylic oxidation sites excluding steroid dienone is 9. The summed E-state index contributed by atoms with van der Waals surface area (Å²) in [7, 11) is 0. The van der Waals surface area contributed by atoms with Gasteiger partial charge in [-0.3, -0.25) is 4.57 Å². The van der Waals surface area contributed by atoms with Crippen molar-refractivity contribution >= 4 is 5.57 Å². The summed E-state index contributed by atoms with van der Waals surface area (Å²) in [4.78, 5) is 0. The van der Waals surface area contributed by atoms with Crippen LogP contribution in [-0.2, 0) is 5.41 Å². The summed E-state index contributed by atoms with van der Waals surface area (Å²) >= 11 is 0. The molecular weight excluding hydrogens is 438 g/mol. The topological polar surface area (TPSA) is 30.7 Å². The van der Waals surface area contributed by atoms with Gasteiger partial charge in [0.15, 0.2) is 11.6 Å². The molecule has 0 bridgehead atoms. The molecule has 0 saturated heterocycles. The Hall–Kier alpha value is -4.16. The number of terminal acetylenes is 1. The van der Waals surface area contributed by atoms with E-state index in [2.05, 4.69) is 80.7 Å². The summed E-state index contributed by atoms with van der Waals surface area (Å²) in [6.45, 7) is 14.6. The molecule has 0 aliphatic rings. The first-order valence-corrected chi connectivity index (χ1v) is 12.2. The molecule has 182 valence electrons. The first-order valence-electron chi connectivity index (χ1n) is 12.2. The van der Waals surface area contributed by atoms with Gasteiger partial charge in [-0.25, -0.2) is 0 Å². The van der Waals surface area contributed by atoms with Gasteiger partial charge in [-0.2, -0.15) is 0 Å². The molecule has 3 nitrogen and oxygen atoms in total. The number of benzene rings is 2. The van der Waals surface area contributed by atoms with Crippen molar-refractivity contribution in [1.29, 1.82) is 0 Å². The van der Waals surface area contributed by atoms with E-state index in [-0.39, 0.29) is 5.41 Å². The van der Waals surface area contributed by atoms with Crippen LogP contribution in [0.1, 0.15) is 52.4 Å². The minimum absolute atomic E-state index is 0.0756. The van der Waals surface area contributed by atoms with E-state index in [1.54, 1.807) is 0 Å². The first-order chi connectivity index (χ1) is 17.3. The minimum atomic E-state index is 0.0756. The van der Waals surface area contributed by atoms with E-state index in [4.69, 9.17) is 6.42 Å². The van der Waals surface area contributed by atoms with Crippen molar-refractivity contribution in [2.45, 2.75) is 46.5 Å². The van der Waals surface area contributed by atoms with Gasteiger partial charge in [-0.15, -0.1) is 23.2 Å². The van der Waals surface area contributed by atoms with Gasteiger partial charge in [-0.1, -0.05) is 99.5 Å². The molecule has 36 heavy (non-hydrogen) atoms. The predicted octanol–water partition coefficient (Wildman–Crippen LogP) is 8.27. The van der Waals surface area contributed by atoms with Crippen LogP contribution in [0.3, 0.4) is 0 Å². The summed E-state index contributed by atoms with van der Waals surface area (Å²) in [5, 5.41) is 9.13. The van der Waals surface area contributed by atoms with Crippen molar-refractivity contribution in [1.82, 2.24) is 14.8 Å². The van der Waals surface area contributed by atoms with E-state index < -0.39 is 0 Å². The lowest BCUT2D eigenvalue weighted by Crippen LogP contribution is -2.10. The standard InChI is InChI=1S/C33H35N3/c1-8-11-16-27(15-9-2)25(4)19-20-26(10-3)31-34-35-32(36(31)30-17-13-12-14-18-30)28-21-23-29(24-22-28)33(5,6)7/h3,8-9,11-14,16-24H,2,15H2,1,4-7H3/b11-8-,25-19+,26-20+,27-16+. The van der Waals surface area contributed by atoms with Gasteiger partial charge in [-0.05, 0) is 60.6 Å². The molecule has 1 heterocycles. The highest BCUT2D eigenvalue weighted by Crippen LogP contribution is 2.29. The maximum absolute atomic E-state index is 6.00. The molecule has 1 aromatic heterocycles. The number of para-hydroxylation sites is 1. The van der Waals surface area contributed by atoms with Crippen LogP contribution in [0.15, 0.2) is 109 Å². The molecule has 3 rings (SSSR count). The van der Waals surface area contributed by atoms with E-state index >= 15 is 0 Å². The third-order valence-electron chi connectivity index (χ3n) is 5.94. The van der Waals surface area contributed by atoms with Crippen molar-refractivity contribution in [3.63, 3.8) is 0 Å². The Kier molecular flexibility index (Phi) is 8.81. The number of aromatic nitrogens is 3. The largest absolute Gasteiger partial charge is 0.274 e. The van der Waals surface area contributed by atoms with Crippen LogP contribution < -0.4 is 0 Å². The Labute approximate surface area is 216 Å². The zero-order chi connectivity index (χ0) is 26.1. The summed E-state index contributed by atoms with van der Waals surface area (Å²) in [5.41, 5.74) is 6.23. The second kappa shape index (κ2) is 12.0. The molecule has 2 aromatic carbocycles. The Morgan fingerprint density at radius 2 is 1.69 bits per heavy atom. The van der Waals surface area contributed by atoms with Gasteiger partial charge >= 0.3 is 0 Å². The molecule has 0 radical (unpaired) electrons. The van der Waals surface area contributed by atoms with Crippen molar-refractivity contribution < 1.29 is 0 Å². The van der Waals surface area contributed by atoms with Crippen molar-refractivity contribution in [3.8, 4) is 29.4 Å². The fraction of sp³-hybridized carbons (Fsp3) is 0.212. The fourth-order valence-corrected chi connectivity index (χ4v) is 3.82. The summed E-state index contributed by atoms with van der Waals surface area (Å²) in [6, 6.07) is 18.6. The molecule has 0 amide bonds. The molecule has 0 spiro atoms. The van der Waals surface area contributed by atoms with E-state index in [9.17, 15) is 0 Å². The average molecular weight is 474 g/mol. The molecule has 0 aliphatic heterocycles. The maximum atomic E-state index is 6.00. The summed E-state index contributed by atoms with van der Waals surface area (Å²) in [6.07, 6.45) is 18.8. The fourth-order valence-electron chi connectivity index (χ4n) is 3.82. The second-order valence-corrected chi connectivity index (χ2v) is 9.63. The highest BCUT2D eigenvalue weighted by atomic mass is 15.3. The van der Waals surface area contributed by atoms with Crippen LogP contribution in [-0.4, -0.2) is 14.8 Å². The van der Waals surface area contributed by atoms with E-state index in [0.29, 0.717) is 11.4 Å². The van der Waals surface area contributed by atoms with Crippen molar-refractivity contribution in [2.24, 2.45) is 0 Å². The zero-order valence-electron chi connectivity index (χ0n) is 22.0. The second-order valence-electron chi connectivity index (χ2n) is 9.63. The van der Waals surface area contributed by atoms with Gasteiger partial charge in [0.25, 0.3) is 0 Å². The monoisotopic (exact) mass is 473 g/mol. The van der Waals surface area contributed by atoms with Crippen LogP contribution in [0, 0.1) is 12.3 Å². The van der Waals surface area contributed by atoms with Gasteiger partial charge in [0.05, 0.1) is 5.57 Å². The quantitative estimate of drug-likeness (QED) is 0.187. The predicted molar refractivity (Wildman–Crippen MR) is 154 cm³/mol. The Balaban J connectivity index is 2.13. The molecule has 0 fully saturated rings. The molecule has 3 heteroatoms. The third-order valence-corrected chi connectivity index (χ3v) is 5.94. The summed E-state index contributed by atoms with van der Waals surface area (Å²) < 4.78 is 2.03. The molecule has 0 atom stereocenters. The van der Waals surface area contributed by atoms with Crippen LogP contribution in [0.5, 0.6) is 0 Å². The van der Waals surface area contributed by atoms with Crippen LogP contribution in [0.4, 0.5) is 0 Å². The summed E-state index contributed by atoms with van der Waals surface area (Å²) in [5.74, 6) is 4.21. The maximum Gasteiger partial charge on any atom is 0.177 e. The molecule has 0 unspecified atom stereocenters. The zero-order valence-corrected chi connectivity index (χ0v) is 22.0. The van der Waals surface area contributed by atoms with Gasteiger partial charge in [0.2, 0.25) is 0 Å².